The summed E-state index contributed by atoms with van der Waals surface area (Å²) in [6.45, 7) is 13.7. The van der Waals surface area contributed by atoms with Crippen LogP contribution in [0.1, 0.15) is 132 Å². The molecular weight excluding hydrogens is 831 g/mol. The van der Waals surface area contributed by atoms with Crippen molar-refractivity contribution < 1.29 is 57.8 Å². The van der Waals surface area contributed by atoms with E-state index in [0.717, 1.165) is 37.7 Å². The molecule has 1 aliphatic carbocycles. The standard InChI is InChI=1S/C52H83NO12/c1-32-17-13-12-14-18-33(2)44(60-8)29-40-22-20-38(7)52(63-11,65-40)31-47(56)53-24-16-15-19-41(53)51(59)64-45(35(4)27-39-21-23-42(54)46(28-39)61-9)30-43(55)34(3)26-37(6)49(58)50(62-10)48(57)36(5)25-32/h12-14,17-18,26,32,34-36,38-42,44-46,49-50,54,58H,15-16,19-25,27-31H2,1-11H3/b14-12?,17-13+,33-18?,37-26+/t32-,34-,35-,36-,38-,39+,40+,41?,42-,44+,45+,46-,49-,50+,52+/m1/s1. The highest BCUT2D eigenvalue weighted by Gasteiger charge is 2.48. The number of piperidine rings is 1. The van der Waals surface area contributed by atoms with Gasteiger partial charge in [-0.1, -0.05) is 71.1 Å². The number of amides is 1. The molecule has 0 aromatic heterocycles. The zero-order valence-electron chi connectivity index (χ0n) is 41.4. The second-order valence-corrected chi connectivity index (χ2v) is 19.8. The van der Waals surface area contributed by atoms with E-state index in [9.17, 15) is 29.4 Å². The monoisotopic (exact) mass is 914 g/mol. The third-order valence-corrected chi connectivity index (χ3v) is 14.9. The van der Waals surface area contributed by atoms with Gasteiger partial charge in [0.15, 0.2) is 11.6 Å². The molecule has 3 aliphatic heterocycles. The van der Waals surface area contributed by atoms with Crippen LogP contribution in [0.25, 0.3) is 0 Å². The minimum Gasteiger partial charge on any atom is -0.460 e. The number of aliphatic hydroxyl groups is 2. The molecule has 1 saturated carbocycles. The topological polar surface area (TPSA) is 167 Å². The van der Waals surface area contributed by atoms with E-state index in [-0.39, 0.29) is 72.3 Å². The number of ether oxygens (including phenoxy) is 6. The maximum Gasteiger partial charge on any atom is 0.329 e. The van der Waals surface area contributed by atoms with Crippen LogP contribution < -0.4 is 0 Å². The van der Waals surface area contributed by atoms with Gasteiger partial charge in [-0.25, -0.2) is 4.79 Å². The minimum atomic E-state index is -1.27. The van der Waals surface area contributed by atoms with Crippen molar-refractivity contribution >= 4 is 23.4 Å². The molecule has 2 bridgehead atoms. The van der Waals surface area contributed by atoms with Crippen LogP contribution in [0.15, 0.2) is 47.6 Å². The van der Waals surface area contributed by atoms with Crippen molar-refractivity contribution in [1.29, 1.82) is 0 Å². The summed E-state index contributed by atoms with van der Waals surface area (Å²) in [6.07, 6.45) is 14.1. The molecule has 15 atom stereocenters. The quantitative estimate of drug-likeness (QED) is 0.190. The largest absolute Gasteiger partial charge is 0.460 e. The summed E-state index contributed by atoms with van der Waals surface area (Å²) in [6, 6.07) is -0.847. The Hall–Kier alpha value is -3.04. The second kappa shape index (κ2) is 25.9. The lowest BCUT2D eigenvalue weighted by Gasteiger charge is -2.46. The number of aliphatic hydroxyl groups excluding tert-OH is 2. The average Bonchev–Trinajstić information content (AvgIpc) is 3.28. The molecule has 4 rings (SSSR count). The summed E-state index contributed by atoms with van der Waals surface area (Å²) in [7, 11) is 6.26. The van der Waals surface area contributed by atoms with E-state index in [1.54, 1.807) is 46.2 Å². The Bertz CT molecular complexity index is 1690. The zero-order chi connectivity index (χ0) is 48.0. The molecule has 3 fully saturated rings. The molecule has 65 heavy (non-hydrogen) atoms. The number of methoxy groups -OCH3 is 4. The molecule has 4 aliphatic rings. The lowest BCUT2D eigenvalue weighted by atomic mass is 9.78. The summed E-state index contributed by atoms with van der Waals surface area (Å²) in [5, 5.41) is 22.0. The van der Waals surface area contributed by atoms with Crippen LogP contribution >= 0.6 is 0 Å². The third kappa shape index (κ3) is 15.0. The number of hydrogen-bond acceptors (Lipinski definition) is 12. The van der Waals surface area contributed by atoms with E-state index in [2.05, 4.69) is 0 Å². The highest BCUT2D eigenvalue weighted by Crippen LogP contribution is 2.41. The Balaban J connectivity index is 1.69. The maximum atomic E-state index is 14.5. The number of nitrogens with zero attached hydrogens (tertiary/aromatic N) is 1. The van der Waals surface area contributed by atoms with Gasteiger partial charge in [-0.3, -0.25) is 14.4 Å². The lowest BCUT2D eigenvalue weighted by molar-refractivity contribution is -0.297. The van der Waals surface area contributed by atoms with E-state index >= 15 is 0 Å². The van der Waals surface area contributed by atoms with Gasteiger partial charge in [-0.2, -0.15) is 0 Å². The molecule has 2 N–H and O–H groups in total. The van der Waals surface area contributed by atoms with Crippen molar-refractivity contribution in [2.24, 2.45) is 35.5 Å². The molecule has 0 aromatic carbocycles. The van der Waals surface area contributed by atoms with Crippen molar-refractivity contribution in [2.45, 2.75) is 186 Å². The normalized spacial score (nSPS) is 39.1. The SMILES string of the molecule is CO[C@H]1C[C@@H]2CC[C@@H](C)[C@](OC)(CC(=O)N3CCCCC3C(=O)O[C@H]([C@H](C)C[C@@H]3CC[C@@H](O)[C@H](OC)C3)CC(=O)[C@H](C)/C=C(\C)[C@@H](O)[C@@H](OC)C(=O)[C@H](C)C[C@H](C)/C=C/C=CC=C1C)O2. The predicted octanol–water partition coefficient (Wildman–Crippen LogP) is 7.66. The van der Waals surface area contributed by atoms with Crippen LogP contribution in [0.5, 0.6) is 0 Å². The van der Waals surface area contributed by atoms with Crippen LogP contribution in [0, 0.1) is 35.5 Å². The molecule has 0 radical (unpaired) electrons. The molecule has 1 unspecified atom stereocenters. The predicted molar refractivity (Wildman–Crippen MR) is 250 cm³/mol. The average molecular weight is 914 g/mol. The fourth-order valence-corrected chi connectivity index (χ4v) is 10.5. The molecule has 13 heteroatoms. The number of ketones is 2. The first-order valence-corrected chi connectivity index (χ1v) is 24.3. The van der Waals surface area contributed by atoms with Crippen molar-refractivity contribution in [2.75, 3.05) is 35.0 Å². The van der Waals surface area contributed by atoms with E-state index < -0.39 is 54.0 Å². The Labute approximate surface area is 389 Å². The maximum absolute atomic E-state index is 14.5. The summed E-state index contributed by atoms with van der Waals surface area (Å²) >= 11 is 0. The van der Waals surface area contributed by atoms with Gasteiger partial charge >= 0.3 is 5.97 Å². The van der Waals surface area contributed by atoms with E-state index in [1.165, 1.54) is 7.11 Å². The summed E-state index contributed by atoms with van der Waals surface area (Å²) in [5.41, 5.74) is 1.44. The van der Waals surface area contributed by atoms with E-state index in [4.69, 9.17) is 28.4 Å². The molecule has 13 nitrogen and oxygen atoms in total. The summed E-state index contributed by atoms with van der Waals surface area (Å²) in [4.78, 5) is 58.4. The molecule has 2 saturated heterocycles. The molecule has 3 heterocycles. The van der Waals surface area contributed by atoms with Gasteiger partial charge in [0.2, 0.25) is 5.91 Å². The van der Waals surface area contributed by atoms with Crippen LogP contribution in [-0.2, 0) is 47.6 Å². The second-order valence-electron chi connectivity index (χ2n) is 19.8. The fraction of sp³-hybridized carbons (Fsp3) is 0.769. The van der Waals surface area contributed by atoms with Crippen LogP contribution in [0.4, 0.5) is 0 Å². The van der Waals surface area contributed by atoms with Crippen molar-refractivity contribution in [3.05, 3.63) is 47.6 Å². The Morgan fingerprint density at radius 1 is 0.846 bits per heavy atom. The van der Waals surface area contributed by atoms with E-state index in [0.29, 0.717) is 50.6 Å². The summed E-state index contributed by atoms with van der Waals surface area (Å²) in [5.74, 6) is -3.62. The van der Waals surface area contributed by atoms with Crippen molar-refractivity contribution in [1.82, 2.24) is 4.90 Å². The molecule has 368 valence electrons. The molecule has 0 aromatic rings. The first-order valence-electron chi connectivity index (χ1n) is 24.3. The van der Waals surface area contributed by atoms with Gasteiger partial charge in [-0.05, 0) is 107 Å². The van der Waals surface area contributed by atoms with Gasteiger partial charge in [-0.15, -0.1) is 0 Å². The Kier molecular flexibility index (Phi) is 21.8. The number of Topliss-reactive ketones (excluding diaryl/α,β-unsaturated/α-hetero) is 2. The number of rotatable bonds is 7. The van der Waals surface area contributed by atoms with Gasteiger partial charge < -0.3 is 43.5 Å². The Morgan fingerprint density at radius 3 is 2.26 bits per heavy atom. The van der Waals surface area contributed by atoms with Crippen molar-refractivity contribution in [3.8, 4) is 0 Å². The highest BCUT2D eigenvalue weighted by atomic mass is 16.7. The third-order valence-electron chi connectivity index (χ3n) is 14.9. The fourth-order valence-electron chi connectivity index (χ4n) is 10.5. The number of esters is 1. The van der Waals surface area contributed by atoms with Crippen LogP contribution in [0.3, 0.4) is 0 Å². The number of hydrogen-bond donors (Lipinski definition) is 2. The van der Waals surface area contributed by atoms with Gasteiger partial charge in [0.1, 0.15) is 30.1 Å². The number of carbonyl (C=O) groups excluding carboxylic acids is 4. The zero-order valence-corrected chi connectivity index (χ0v) is 41.4. The van der Waals surface area contributed by atoms with E-state index in [1.807, 2.05) is 65.0 Å². The number of fused-ring (bicyclic) bond motifs is 3. The Morgan fingerprint density at radius 2 is 1.58 bits per heavy atom. The van der Waals surface area contributed by atoms with Crippen LogP contribution in [-0.4, -0.2) is 128 Å². The van der Waals surface area contributed by atoms with Crippen molar-refractivity contribution in [3.63, 3.8) is 0 Å². The first kappa shape index (κ1) is 54.6. The number of allylic oxidation sites excluding steroid dienone is 6. The molecule has 0 spiro atoms. The smallest absolute Gasteiger partial charge is 0.329 e. The number of carbonyl (C=O) groups is 4. The first-order chi connectivity index (χ1) is 30.9. The minimum absolute atomic E-state index is 0.0606. The van der Waals surface area contributed by atoms with Gasteiger partial charge in [0.25, 0.3) is 0 Å². The molecular formula is C52H83NO12. The van der Waals surface area contributed by atoms with Gasteiger partial charge in [0, 0.05) is 65.6 Å². The van der Waals surface area contributed by atoms with Crippen LogP contribution in [0.2, 0.25) is 0 Å². The molecule has 1 amide bonds. The lowest BCUT2D eigenvalue weighted by Crippen LogP contribution is -2.55. The highest BCUT2D eigenvalue weighted by molar-refractivity contribution is 5.87. The van der Waals surface area contributed by atoms with Gasteiger partial charge in [0.05, 0.1) is 30.8 Å². The summed E-state index contributed by atoms with van der Waals surface area (Å²) < 4.78 is 36.4. The number of cyclic esters (lactones) is 1.